The summed E-state index contributed by atoms with van der Waals surface area (Å²) < 4.78 is 19.9. The number of ketones is 1. The van der Waals surface area contributed by atoms with Crippen LogP contribution < -0.4 is 0 Å². The minimum Gasteiger partial charge on any atom is -0.508 e. The molecular formula is C27H33FN2O5. The molecule has 2 aliphatic rings. The number of aliphatic hydroxyl groups excluding tert-OH is 1. The molecule has 2 N–H and O–H groups in total. The van der Waals surface area contributed by atoms with Crippen LogP contribution in [0.1, 0.15) is 33.8 Å². The predicted molar refractivity (Wildman–Crippen MR) is 129 cm³/mol. The molecule has 2 heterocycles. The minimum atomic E-state index is -0.635. The largest absolute Gasteiger partial charge is 0.508 e. The lowest BCUT2D eigenvalue weighted by Gasteiger charge is -2.44. The van der Waals surface area contributed by atoms with Crippen LogP contribution in [0.5, 0.6) is 5.75 Å². The Morgan fingerprint density at radius 2 is 1.86 bits per heavy atom. The molecule has 2 saturated heterocycles. The number of rotatable bonds is 7. The molecule has 2 aliphatic heterocycles. The van der Waals surface area contributed by atoms with E-state index in [4.69, 9.17) is 4.74 Å². The molecule has 2 aromatic rings. The predicted octanol–water partition coefficient (Wildman–Crippen LogP) is 2.59. The van der Waals surface area contributed by atoms with Gasteiger partial charge < -0.3 is 19.8 Å². The average Bonchev–Trinajstić information content (AvgIpc) is 3.29. The number of amides is 1. The summed E-state index contributed by atoms with van der Waals surface area (Å²) in [5.74, 6) is -2.51. The van der Waals surface area contributed by atoms with Crippen LogP contribution in [0.15, 0.2) is 42.5 Å². The van der Waals surface area contributed by atoms with E-state index in [1.807, 2.05) is 0 Å². The highest BCUT2D eigenvalue weighted by molar-refractivity contribution is 5.99. The quantitative estimate of drug-likeness (QED) is 0.588. The summed E-state index contributed by atoms with van der Waals surface area (Å²) in [7, 11) is 1.60. The molecule has 188 valence electrons. The summed E-state index contributed by atoms with van der Waals surface area (Å²) in [5.41, 5.74) is 1.43. The number of carbonyl (C=O) groups excluding carboxylic acids is 2. The minimum absolute atomic E-state index is 0.0138. The van der Waals surface area contributed by atoms with E-state index >= 15 is 0 Å². The molecule has 35 heavy (non-hydrogen) atoms. The first-order valence-electron chi connectivity index (χ1n) is 12.1. The van der Waals surface area contributed by atoms with Crippen molar-refractivity contribution in [2.45, 2.75) is 25.4 Å². The highest BCUT2D eigenvalue weighted by Crippen LogP contribution is 2.42. The smallest absolute Gasteiger partial charge is 0.227 e. The van der Waals surface area contributed by atoms with Crippen molar-refractivity contribution in [2.75, 3.05) is 46.4 Å². The third-order valence-corrected chi connectivity index (χ3v) is 7.32. The normalized spacial score (nSPS) is 25.1. The number of β-amino-alcohol motifs (C(OH)–C–C–N with tert-alkyl or cyclic N) is 1. The molecule has 0 saturated carbocycles. The van der Waals surface area contributed by atoms with Crippen molar-refractivity contribution < 1.29 is 28.9 Å². The van der Waals surface area contributed by atoms with Gasteiger partial charge in [0.25, 0.3) is 0 Å². The van der Waals surface area contributed by atoms with Crippen LogP contribution in [0.3, 0.4) is 0 Å². The van der Waals surface area contributed by atoms with E-state index in [1.165, 1.54) is 18.2 Å². The number of aromatic hydroxyl groups is 1. The number of nitrogens with zero attached hydrogens (tertiary/aromatic N) is 2. The van der Waals surface area contributed by atoms with Crippen LogP contribution in [0.4, 0.5) is 4.39 Å². The molecular weight excluding hydrogens is 451 g/mol. The molecule has 0 bridgehead atoms. The third kappa shape index (κ3) is 5.39. The van der Waals surface area contributed by atoms with E-state index < -0.39 is 23.9 Å². The van der Waals surface area contributed by atoms with Crippen molar-refractivity contribution in [3.8, 4) is 5.75 Å². The van der Waals surface area contributed by atoms with Crippen LogP contribution in [0.25, 0.3) is 0 Å². The summed E-state index contributed by atoms with van der Waals surface area (Å²) in [6.45, 7) is 4.16. The Bertz CT molecular complexity index is 1080. The second kappa shape index (κ2) is 10.8. The van der Waals surface area contributed by atoms with E-state index in [0.29, 0.717) is 55.9 Å². The molecule has 0 radical (unpaired) electrons. The number of ether oxygens (including phenoxy) is 1. The van der Waals surface area contributed by atoms with Gasteiger partial charge in [0.05, 0.1) is 18.6 Å². The summed E-state index contributed by atoms with van der Waals surface area (Å²) in [6, 6.07) is 11.0. The van der Waals surface area contributed by atoms with Crippen molar-refractivity contribution in [3.05, 3.63) is 65.0 Å². The SMILES string of the molecule is COCCN1C[C@H](C(=O)c2cccc(O)c2)[C@@H](c2cccc(F)c2C)[C@H](C(=O)N2CCC(O)C2)C1. The Kier molecular flexibility index (Phi) is 7.84. The van der Waals surface area contributed by atoms with Gasteiger partial charge in [-0.25, -0.2) is 4.39 Å². The molecule has 1 unspecified atom stereocenters. The van der Waals surface area contributed by atoms with Gasteiger partial charge in [0.2, 0.25) is 5.91 Å². The third-order valence-electron chi connectivity index (χ3n) is 7.32. The summed E-state index contributed by atoms with van der Waals surface area (Å²) in [6.07, 6.45) is -0.0487. The number of aliphatic hydroxyl groups is 1. The molecule has 2 aromatic carbocycles. The second-order valence-corrected chi connectivity index (χ2v) is 9.59. The topological polar surface area (TPSA) is 90.3 Å². The summed E-state index contributed by atoms with van der Waals surface area (Å²) in [4.78, 5) is 31.4. The number of piperidine rings is 1. The standard InChI is InChI=1S/C27H33FN2O5/c1-17-21(7-4-8-24(17)28)25-22(26(33)18-5-3-6-19(31)13-18)15-29(11-12-35-2)16-23(25)27(34)30-10-9-20(32)14-30/h3-8,13,20,22-23,25,31-32H,9-12,14-16H2,1-2H3/t20?,22-,23+,25+/m0/s1. The van der Waals surface area contributed by atoms with Crippen LogP contribution in [0, 0.1) is 24.6 Å². The highest BCUT2D eigenvalue weighted by atomic mass is 19.1. The monoisotopic (exact) mass is 484 g/mol. The zero-order valence-corrected chi connectivity index (χ0v) is 20.2. The summed E-state index contributed by atoms with van der Waals surface area (Å²) in [5, 5.41) is 20.0. The Balaban J connectivity index is 1.79. The van der Waals surface area contributed by atoms with Gasteiger partial charge in [-0.15, -0.1) is 0 Å². The number of halogens is 1. The fraction of sp³-hybridized carbons (Fsp3) is 0.481. The molecule has 0 aliphatic carbocycles. The maximum atomic E-state index is 14.7. The molecule has 2 fully saturated rings. The number of hydrogen-bond acceptors (Lipinski definition) is 6. The lowest BCUT2D eigenvalue weighted by Crippen LogP contribution is -2.53. The lowest BCUT2D eigenvalue weighted by atomic mass is 9.69. The fourth-order valence-electron chi connectivity index (χ4n) is 5.49. The summed E-state index contributed by atoms with van der Waals surface area (Å²) >= 11 is 0. The zero-order chi connectivity index (χ0) is 25.1. The highest BCUT2D eigenvalue weighted by Gasteiger charge is 2.47. The number of phenolic OH excluding ortho intramolecular Hbond substituents is 1. The number of likely N-dealkylation sites (tertiary alicyclic amines) is 2. The van der Waals surface area contributed by atoms with E-state index in [0.717, 1.165) is 0 Å². The maximum absolute atomic E-state index is 14.7. The van der Waals surface area contributed by atoms with Gasteiger partial charge in [-0.3, -0.25) is 14.5 Å². The van der Waals surface area contributed by atoms with Crippen molar-refractivity contribution in [1.82, 2.24) is 9.80 Å². The number of Topliss-reactive ketones (excluding diaryl/α,β-unsaturated/α-hetero) is 1. The van der Waals surface area contributed by atoms with E-state index in [1.54, 1.807) is 43.2 Å². The Hall–Kier alpha value is -2.81. The number of methoxy groups -OCH3 is 1. The molecule has 7 nitrogen and oxygen atoms in total. The van der Waals surface area contributed by atoms with Crippen LogP contribution >= 0.6 is 0 Å². The van der Waals surface area contributed by atoms with E-state index in [2.05, 4.69) is 4.90 Å². The van der Waals surface area contributed by atoms with E-state index in [-0.39, 0.29) is 29.8 Å². The average molecular weight is 485 g/mol. The second-order valence-electron chi connectivity index (χ2n) is 9.59. The fourth-order valence-corrected chi connectivity index (χ4v) is 5.49. The molecule has 8 heteroatoms. The van der Waals surface area contributed by atoms with E-state index in [9.17, 15) is 24.2 Å². The zero-order valence-electron chi connectivity index (χ0n) is 20.2. The van der Waals surface area contributed by atoms with Gasteiger partial charge in [-0.1, -0.05) is 24.3 Å². The lowest BCUT2D eigenvalue weighted by molar-refractivity contribution is -0.138. The van der Waals surface area contributed by atoms with Crippen LogP contribution in [-0.2, 0) is 9.53 Å². The molecule has 1 amide bonds. The Labute approximate surface area is 205 Å². The van der Waals surface area contributed by atoms with Gasteiger partial charge in [0, 0.05) is 57.2 Å². The maximum Gasteiger partial charge on any atom is 0.227 e. The number of carbonyl (C=O) groups is 2. The van der Waals surface area contributed by atoms with Gasteiger partial charge >= 0.3 is 0 Å². The van der Waals surface area contributed by atoms with Crippen molar-refractivity contribution in [1.29, 1.82) is 0 Å². The number of hydrogen-bond donors (Lipinski definition) is 2. The Morgan fingerprint density at radius 3 is 2.54 bits per heavy atom. The first kappa shape index (κ1) is 25.3. The van der Waals surface area contributed by atoms with Crippen molar-refractivity contribution in [2.24, 2.45) is 11.8 Å². The molecule has 4 atom stereocenters. The van der Waals surface area contributed by atoms with Gasteiger partial charge in [0.1, 0.15) is 11.6 Å². The Morgan fingerprint density at radius 1 is 1.11 bits per heavy atom. The first-order chi connectivity index (χ1) is 16.8. The van der Waals surface area contributed by atoms with Crippen molar-refractivity contribution in [3.63, 3.8) is 0 Å². The van der Waals surface area contributed by atoms with Crippen molar-refractivity contribution >= 4 is 11.7 Å². The van der Waals surface area contributed by atoms with Gasteiger partial charge in [-0.2, -0.15) is 0 Å². The number of phenols is 1. The van der Waals surface area contributed by atoms with Crippen LogP contribution in [0.2, 0.25) is 0 Å². The first-order valence-corrected chi connectivity index (χ1v) is 12.1. The number of benzene rings is 2. The molecule has 4 rings (SSSR count). The molecule has 0 spiro atoms. The molecule has 0 aromatic heterocycles. The van der Waals surface area contributed by atoms with Gasteiger partial charge in [-0.05, 0) is 42.7 Å². The van der Waals surface area contributed by atoms with Gasteiger partial charge in [0.15, 0.2) is 5.78 Å². The van der Waals surface area contributed by atoms with Crippen LogP contribution in [-0.4, -0.2) is 84.2 Å².